The van der Waals surface area contributed by atoms with Crippen LogP contribution in [0.4, 0.5) is 0 Å². The molecule has 0 amide bonds. The SMILES string of the molecule is CC(C)C(C)(C)[SiH2]OCCCCC[P+](c1ccccc1)(c1ccccc1)c1ccccc1. The fourth-order valence-electron chi connectivity index (χ4n) is 4.11. The van der Waals surface area contributed by atoms with E-state index in [-0.39, 0.29) is 0 Å². The van der Waals surface area contributed by atoms with Crippen LogP contribution in [0.1, 0.15) is 47.0 Å². The van der Waals surface area contributed by atoms with Gasteiger partial charge in [0.15, 0.2) is 9.76 Å². The topological polar surface area (TPSA) is 9.23 Å². The minimum absolute atomic E-state index is 0.384. The lowest BCUT2D eigenvalue weighted by Gasteiger charge is -2.28. The van der Waals surface area contributed by atoms with Gasteiger partial charge in [-0.05, 0) is 66.6 Å². The van der Waals surface area contributed by atoms with Gasteiger partial charge in [-0.3, -0.25) is 0 Å². The molecule has 3 heteroatoms. The first kappa shape index (κ1) is 24.9. The van der Waals surface area contributed by atoms with E-state index < -0.39 is 17.0 Å². The van der Waals surface area contributed by atoms with E-state index in [1.54, 1.807) is 0 Å². The third kappa shape index (κ3) is 6.19. The van der Waals surface area contributed by atoms with Crippen molar-refractivity contribution in [2.75, 3.05) is 12.8 Å². The van der Waals surface area contributed by atoms with E-state index in [1.807, 2.05) is 0 Å². The van der Waals surface area contributed by atoms with Gasteiger partial charge in [0.1, 0.15) is 23.2 Å². The monoisotopic (exact) mass is 463 g/mol. The first-order valence-electron chi connectivity index (χ1n) is 12.1. The molecule has 0 aliphatic heterocycles. The maximum atomic E-state index is 6.19. The second kappa shape index (κ2) is 11.9. The predicted molar refractivity (Wildman–Crippen MR) is 147 cm³/mol. The quantitative estimate of drug-likeness (QED) is 0.179. The Morgan fingerprint density at radius 1 is 0.688 bits per heavy atom. The van der Waals surface area contributed by atoms with Gasteiger partial charge in [-0.25, -0.2) is 0 Å². The van der Waals surface area contributed by atoms with Crippen LogP contribution in [0.5, 0.6) is 0 Å². The molecule has 0 heterocycles. The van der Waals surface area contributed by atoms with Gasteiger partial charge in [0, 0.05) is 6.61 Å². The van der Waals surface area contributed by atoms with Crippen molar-refractivity contribution in [3.05, 3.63) is 91.0 Å². The number of unbranched alkanes of at least 4 members (excludes halogenated alkanes) is 2. The van der Waals surface area contributed by atoms with Crippen molar-refractivity contribution in [1.82, 2.24) is 0 Å². The molecule has 0 saturated heterocycles. The van der Waals surface area contributed by atoms with E-state index in [1.165, 1.54) is 41.3 Å². The summed E-state index contributed by atoms with van der Waals surface area (Å²) in [5.41, 5.74) is 0. The molecule has 0 radical (unpaired) electrons. The number of benzene rings is 3. The van der Waals surface area contributed by atoms with Gasteiger partial charge in [0.05, 0.1) is 6.16 Å². The summed E-state index contributed by atoms with van der Waals surface area (Å²) in [5, 5.41) is 4.84. The highest BCUT2D eigenvalue weighted by Crippen LogP contribution is 2.55. The number of hydrogen-bond acceptors (Lipinski definition) is 1. The second-order valence-corrected chi connectivity index (χ2v) is 15.9. The van der Waals surface area contributed by atoms with Gasteiger partial charge in [-0.1, -0.05) is 82.3 Å². The largest absolute Gasteiger partial charge is 0.423 e. The van der Waals surface area contributed by atoms with Crippen LogP contribution in [-0.4, -0.2) is 22.5 Å². The molecule has 3 aromatic carbocycles. The molecule has 170 valence electrons. The Labute approximate surface area is 198 Å². The zero-order valence-electron chi connectivity index (χ0n) is 20.3. The standard InChI is InChI=1S/C29H40OPSi/c1-25(2)29(3,4)32-30-23-15-8-16-24-31(26-17-9-5-10-18-26,27-19-11-6-12-20-27)28-21-13-7-14-22-28/h5-7,9-14,17-22,25H,8,15-16,23-24,32H2,1-4H3/q+1. The van der Waals surface area contributed by atoms with Crippen LogP contribution in [0.15, 0.2) is 91.0 Å². The molecule has 0 aliphatic rings. The molecule has 0 saturated carbocycles. The van der Waals surface area contributed by atoms with Crippen molar-refractivity contribution in [2.45, 2.75) is 52.0 Å². The first-order chi connectivity index (χ1) is 15.5. The maximum Gasteiger partial charge on any atom is 0.167 e. The normalized spacial score (nSPS) is 12.7. The van der Waals surface area contributed by atoms with Gasteiger partial charge in [-0.15, -0.1) is 0 Å². The van der Waals surface area contributed by atoms with E-state index in [9.17, 15) is 0 Å². The van der Waals surface area contributed by atoms with Crippen LogP contribution in [0.2, 0.25) is 5.04 Å². The summed E-state index contributed by atoms with van der Waals surface area (Å²) in [6.45, 7) is 10.3. The van der Waals surface area contributed by atoms with Gasteiger partial charge in [0.25, 0.3) is 0 Å². The molecule has 3 aromatic rings. The van der Waals surface area contributed by atoms with Gasteiger partial charge < -0.3 is 4.43 Å². The average molecular weight is 464 g/mol. The third-order valence-corrected chi connectivity index (χ3v) is 13.5. The predicted octanol–water partition coefficient (Wildman–Crippen LogP) is 6.11. The maximum absolute atomic E-state index is 6.19. The zero-order chi connectivity index (χ0) is 22.9. The Kier molecular flexibility index (Phi) is 9.29. The van der Waals surface area contributed by atoms with Crippen molar-refractivity contribution in [2.24, 2.45) is 5.92 Å². The minimum Gasteiger partial charge on any atom is -0.423 e. The van der Waals surface area contributed by atoms with Crippen LogP contribution < -0.4 is 15.9 Å². The molecule has 0 bridgehead atoms. The first-order valence-corrected chi connectivity index (χ1v) is 15.4. The van der Waals surface area contributed by atoms with E-state index in [2.05, 4.69) is 119 Å². The Balaban J connectivity index is 1.74. The highest BCUT2D eigenvalue weighted by molar-refractivity contribution is 7.95. The zero-order valence-corrected chi connectivity index (χ0v) is 22.6. The molecular formula is C29H40OPSi+. The van der Waals surface area contributed by atoms with Crippen LogP contribution in [0, 0.1) is 5.92 Å². The summed E-state index contributed by atoms with van der Waals surface area (Å²) in [6, 6.07) is 33.7. The Bertz CT molecular complexity index is 813. The molecule has 3 rings (SSSR count). The van der Waals surface area contributed by atoms with Crippen molar-refractivity contribution in [3.63, 3.8) is 0 Å². The molecule has 1 nitrogen and oxygen atoms in total. The second-order valence-electron chi connectivity index (χ2n) is 9.80. The smallest absolute Gasteiger partial charge is 0.167 e. The molecule has 0 spiro atoms. The van der Waals surface area contributed by atoms with Crippen molar-refractivity contribution in [1.29, 1.82) is 0 Å². The fourth-order valence-corrected chi connectivity index (χ4v) is 9.73. The van der Waals surface area contributed by atoms with Gasteiger partial charge in [-0.2, -0.15) is 0 Å². The molecule has 0 aromatic heterocycles. The Hall–Kier alpha value is -1.73. The van der Waals surface area contributed by atoms with Crippen molar-refractivity contribution in [3.8, 4) is 0 Å². The summed E-state index contributed by atoms with van der Waals surface area (Å²) in [6.07, 6.45) is 4.83. The average Bonchev–Trinajstić information content (AvgIpc) is 2.82. The number of rotatable bonds is 12. The van der Waals surface area contributed by atoms with E-state index in [0.29, 0.717) is 11.0 Å². The summed E-state index contributed by atoms with van der Waals surface area (Å²) >= 11 is 0. The molecule has 0 atom stereocenters. The minimum atomic E-state index is -1.68. The molecular weight excluding hydrogens is 423 g/mol. The molecule has 0 unspecified atom stereocenters. The summed E-state index contributed by atoms with van der Waals surface area (Å²) in [4.78, 5) is 0. The highest BCUT2D eigenvalue weighted by atomic mass is 31.2. The Morgan fingerprint density at radius 3 is 1.53 bits per heavy atom. The Morgan fingerprint density at radius 2 is 1.12 bits per heavy atom. The van der Waals surface area contributed by atoms with E-state index in [4.69, 9.17) is 4.43 Å². The lowest BCUT2D eigenvalue weighted by Crippen LogP contribution is -2.33. The van der Waals surface area contributed by atoms with Crippen molar-refractivity contribution >= 4 is 32.9 Å². The van der Waals surface area contributed by atoms with Crippen LogP contribution in [0.25, 0.3) is 0 Å². The molecule has 0 N–H and O–H groups in total. The summed E-state index contributed by atoms with van der Waals surface area (Å²) < 4.78 is 6.19. The van der Waals surface area contributed by atoms with E-state index >= 15 is 0 Å². The van der Waals surface area contributed by atoms with Crippen LogP contribution in [-0.2, 0) is 4.43 Å². The lowest BCUT2D eigenvalue weighted by molar-refractivity contribution is 0.292. The fraction of sp³-hybridized carbons (Fsp3) is 0.379. The molecule has 32 heavy (non-hydrogen) atoms. The highest BCUT2D eigenvalue weighted by Gasteiger charge is 2.44. The summed E-state index contributed by atoms with van der Waals surface area (Å²) in [5.74, 6) is 0.696. The van der Waals surface area contributed by atoms with Crippen molar-refractivity contribution < 1.29 is 4.43 Å². The number of hydrogen-bond donors (Lipinski definition) is 0. The lowest BCUT2D eigenvalue weighted by atomic mass is 9.99. The van der Waals surface area contributed by atoms with Gasteiger partial charge in [0.2, 0.25) is 0 Å². The molecule has 0 aliphatic carbocycles. The summed E-state index contributed by atoms with van der Waals surface area (Å²) in [7, 11) is -2.17. The third-order valence-electron chi connectivity index (χ3n) is 6.91. The van der Waals surface area contributed by atoms with Crippen LogP contribution >= 0.6 is 7.26 Å². The van der Waals surface area contributed by atoms with Gasteiger partial charge >= 0.3 is 0 Å². The van der Waals surface area contributed by atoms with Crippen LogP contribution in [0.3, 0.4) is 0 Å². The molecule has 0 fully saturated rings. The van der Waals surface area contributed by atoms with E-state index in [0.717, 1.165) is 6.61 Å².